The third-order valence-electron chi connectivity index (χ3n) is 1.58. The van der Waals surface area contributed by atoms with Crippen molar-refractivity contribution in [1.82, 2.24) is 10.6 Å². The molecule has 0 unspecified atom stereocenters. The first-order valence-corrected chi connectivity index (χ1v) is 4.31. The second kappa shape index (κ2) is 6.30. The van der Waals surface area contributed by atoms with Crippen molar-refractivity contribution >= 4 is 0 Å². The van der Waals surface area contributed by atoms with Crippen LogP contribution in [0.3, 0.4) is 0 Å². The van der Waals surface area contributed by atoms with Gasteiger partial charge in [-0.15, -0.1) is 6.42 Å². The highest BCUT2D eigenvalue weighted by atomic mass is 16.3. The zero-order chi connectivity index (χ0) is 9.36. The summed E-state index contributed by atoms with van der Waals surface area (Å²) >= 11 is 0. The van der Waals surface area contributed by atoms with E-state index in [4.69, 9.17) is 10.8 Å². The summed E-state index contributed by atoms with van der Waals surface area (Å²) in [5.74, 6) is 3.47. The van der Waals surface area contributed by atoms with E-state index in [-0.39, 0.29) is 0 Å². The van der Waals surface area contributed by atoms with Crippen molar-refractivity contribution in [3.8, 4) is 12.3 Å². The second-order valence-electron chi connectivity index (χ2n) is 2.64. The van der Waals surface area contributed by atoms with E-state index in [1.807, 2.05) is 12.1 Å². The molecule has 0 aliphatic rings. The Bertz CT molecular complexity index is 248. The van der Waals surface area contributed by atoms with Crippen LogP contribution in [0.5, 0.6) is 0 Å². The lowest BCUT2D eigenvalue weighted by Gasteiger charge is -2.02. The van der Waals surface area contributed by atoms with E-state index < -0.39 is 0 Å². The molecule has 1 aromatic rings. The summed E-state index contributed by atoms with van der Waals surface area (Å²) in [6, 6.07) is 3.83. The number of hydrogen-bond donors (Lipinski definition) is 2. The summed E-state index contributed by atoms with van der Waals surface area (Å²) < 4.78 is 5.15. The lowest BCUT2D eigenvalue weighted by atomic mass is 10.4. The number of rotatable bonds is 6. The number of furan rings is 1. The minimum Gasteiger partial charge on any atom is -0.468 e. The average Bonchev–Trinajstić information content (AvgIpc) is 2.63. The maximum absolute atomic E-state index is 5.15. The first kappa shape index (κ1) is 9.85. The fourth-order valence-corrected chi connectivity index (χ4v) is 0.962. The molecular weight excluding hydrogens is 164 g/mol. The van der Waals surface area contributed by atoms with Gasteiger partial charge in [0.2, 0.25) is 0 Å². The van der Waals surface area contributed by atoms with Gasteiger partial charge in [0, 0.05) is 13.1 Å². The zero-order valence-electron chi connectivity index (χ0n) is 7.55. The van der Waals surface area contributed by atoms with Crippen molar-refractivity contribution in [2.24, 2.45) is 0 Å². The van der Waals surface area contributed by atoms with Crippen molar-refractivity contribution in [1.29, 1.82) is 0 Å². The van der Waals surface area contributed by atoms with E-state index in [9.17, 15) is 0 Å². The van der Waals surface area contributed by atoms with E-state index in [1.54, 1.807) is 6.26 Å². The fourth-order valence-electron chi connectivity index (χ4n) is 0.962. The fraction of sp³-hybridized carbons (Fsp3) is 0.400. The molecule has 0 atom stereocenters. The SMILES string of the molecule is C#CCNCCNCc1ccco1. The van der Waals surface area contributed by atoms with Crippen LogP contribution in [0.25, 0.3) is 0 Å². The first-order chi connectivity index (χ1) is 6.43. The molecule has 3 heteroatoms. The molecule has 0 fully saturated rings. The van der Waals surface area contributed by atoms with E-state index >= 15 is 0 Å². The Hall–Kier alpha value is -1.24. The third-order valence-corrected chi connectivity index (χ3v) is 1.58. The monoisotopic (exact) mass is 178 g/mol. The van der Waals surface area contributed by atoms with Crippen molar-refractivity contribution < 1.29 is 4.42 Å². The van der Waals surface area contributed by atoms with Crippen molar-refractivity contribution in [3.63, 3.8) is 0 Å². The highest BCUT2D eigenvalue weighted by Gasteiger charge is 1.92. The van der Waals surface area contributed by atoms with Crippen molar-refractivity contribution in [2.45, 2.75) is 6.54 Å². The average molecular weight is 178 g/mol. The minimum atomic E-state index is 0.627. The molecule has 13 heavy (non-hydrogen) atoms. The Morgan fingerprint density at radius 3 is 2.92 bits per heavy atom. The summed E-state index contributed by atoms with van der Waals surface area (Å²) in [5, 5.41) is 6.31. The van der Waals surface area contributed by atoms with Crippen LogP contribution in [0.1, 0.15) is 5.76 Å². The van der Waals surface area contributed by atoms with Gasteiger partial charge in [0.15, 0.2) is 0 Å². The molecule has 0 saturated heterocycles. The van der Waals surface area contributed by atoms with Gasteiger partial charge in [-0.3, -0.25) is 0 Å². The number of nitrogens with one attached hydrogen (secondary N) is 2. The van der Waals surface area contributed by atoms with Crippen LogP contribution < -0.4 is 10.6 Å². The van der Waals surface area contributed by atoms with Crippen LogP contribution in [0, 0.1) is 12.3 Å². The van der Waals surface area contributed by atoms with E-state index in [0.29, 0.717) is 6.54 Å². The molecule has 1 aromatic heterocycles. The maximum atomic E-state index is 5.15. The summed E-state index contributed by atoms with van der Waals surface area (Å²) in [5.41, 5.74) is 0. The molecule has 0 aromatic carbocycles. The Labute approximate surface area is 78.5 Å². The number of terminal acetylenes is 1. The molecule has 0 spiro atoms. The van der Waals surface area contributed by atoms with Gasteiger partial charge in [0.25, 0.3) is 0 Å². The predicted molar refractivity (Wildman–Crippen MR) is 52.1 cm³/mol. The number of hydrogen-bond acceptors (Lipinski definition) is 3. The van der Waals surface area contributed by atoms with Crippen LogP contribution in [-0.4, -0.2) is 19.6 Å². The Morgan fingerprint density at radius 1 is 1.38 bits per heavy atom. The van der Waals surface area contributed by atoms with Gasteiger partial charge >= 0.3 is 0 Å². The lowest BCUT2D eigenvalue weighted by Crippen LogP contribution is -2.27. The van der Waals surface area contributed by atoms with Crippen LogP contribution in [0.15, 0.2) is 22.8 Å². The van der Waals surface area contributed by atoms with E-state index in [1.165, 1.54) is 0 Å². The molecule has 0 amide bonds. The molecule has 0 aliphatic carbocycles. The van der Waals surface area contributed by atoms with Gasteiger partial charge in [-0.1, -0.05) is 5.92 Å². The summed E-state index contributed by atoms with van der Waals surface area (Å²) in [4.78, 5) is 0. The van der Waals surface area contributed by atoms with Gasteiger partial charge in [0.1, 0.15) is 5.76 Å². The molecule has 1 heterocycles. The highest BCUT2D eigenvalue weighted by Crippen LogP contribution is 1.97. The van der Waals surface area contributed by atoms with Crippen LogP contribution in [-0.2, 0) is 6.54 Å². The molecule has 0 radical (unpaired) electrons. The Balaban J connectivity index is 1.94. The molecule has 3 nitrogen and oxygen atoms in total. The topological polar surface area (TPSA) is 37.2 Å². The first-order valence-electron chi connectivity index (χ1n) is 4.31. The van der Waals surface area contributed by atoms with Crippen molar-refractivity contribution in [3.05, 3.63) is 24.2 Å². The molecule has 0 aliphatic heterocycles. The molecule has 0 bridgehead atoms. The highest BCUT2D eigenvalue weighted by molar-refractivity contribution is 4.97. The lowest BCUT2D eigenvalue weighted by molar-refractivity contribution is 0.481. The van der Waals surface area contributed by atoms with Gasteiger partial charge in [-0.2, -0.15) is 0 Å². The van der Waals surface area contributed by atoms with Crippen LogP contribution >= 0.6 is 0 Å². The van der Waals surface area contributed by atoms with Crippen LogP contribution in [0.2, 0.25) is 0 Å². The van der Waals surface area contributed by atoms with Crippen molar-refractivity contribution in [2.75, 3.05) is 19.6 Å². The summed E-state index contributed by atoms with van der Waals surface area (Å²) in [6.45, 7) is 3.17. The van der Waals surface area contributed by atoms with Gasteiger partial charge < -0.3 is 15.1 Å². The Kier molecular flexibility index (Phi) is 4.77. The quantitative estimate of drug-likeness (QED) is 0.494. The molecule has 1 rings (SSSR count). The minimum absolute atomic E-state index is 0.627. The van der Waals surface area contributed by atoms with E-state index in [0.717, 1.165) is 25.4 Å². The predicted octanol–water partition coefficient (Wildman–Crippen LogP) is 0.592. The summed E-state index contributed by atoms with van der Waals surface area (Å²) in [7, 11) is 0. The largest absolute Gasteiger partial charge is 0.468 e. The van der Waals surface area contributed by atoms with Crippen LogP contribution in [0.4, 0.5) is 0 Å². The van der Waals surface area contributed by atoms with E-state index in [2.05, 4.69) is 16.6 Å². The molecule has 0 saturated carbocycles. The summed E-state index contributed by atoms with van der Waals surface area (Å²) in [6.07, 6.45) is 6.75. The third kappa shape index (κ3) is 4.36. The molecule has 70 valence electrons. The smallest absolute Gasteiger partial charge is 0.117 e. The normalized spacial score (nSPS) is 9.77. The standard InChI is InChI=1S/C10H14N2O/c1-2-5-11-6-7-12-9-10-4-3-8-13-10/h1,3-4,8,11-12H,5-7,9H2. The maximum Gasteiger partial charge on any atom is 0.117 e. The molecule has 2 N–H and O–H groups in total. The Morgan fingerprint density at radius 2 is 2.23 bits per heavy atom. The second-order valence-corrected chi connectivity index (χ2v) is 2.64. The van der Waals surface area contributed by atoms with Gasteiger partial charge in [-0.05, 0) is 12.1 Å². The molecular formula is C10H14N2O. The van der Waals surface area contributed by atoms with Gasteiger partial charge in [-0.25, -0.2) is 0 Å². The van der Waals surface area contributed by atoms with Gasteiger partial charge in [0.05, 0.1) is 19.4 Å². The zero-order valence-corrected chi connectivity index (χ0v) is 7.55.